The second-order valence-electron chi connectivity index (χ2n) is 4.24. The lowest BCUT2D eigenvalue weighted by atomic mass is 10.0. The first-order valence-corrected chi connectivity index (χ1v) is 5.49. The maximum absolute atomic E-state index is 13.6. The number of alkyl halides is 3. The molecule has 112 valence electrons. The van der Waals surface area contributed by atoms with Crippen LogP contribution in [0.5, 0.6) is 5.75 Å². The van der Waals surface area contributed by atoms with Crippen LogP contribution in [0, 0.1) is 5.82 Å². The zero-order valence-electron chi connectivity index (χ0n) is 10.7. The number of benzene rings is 1. The molecule has 0 saturated heterocycles. The molecule has 0 amide bonds. The molecule has 0 aromatic heterocycles. The largest absolute Gasteiger partial charge is 0.497 e. The van der Waals surface area contributed by atoms with Gasteiger partial charge < -0.3 is 9.84 Å². The van der Waals surface area contributed by atoms with Gasteiger partial charge in [-0.1, -0.05) is 6.07 Å². The molecule has 1 aromatic carbocycles. The van der Waals surface area contributed by atoms with Crippen LogP contribution in [0.4, 0.5) is 17.6 Å². The highest BCUT2D eigenvalue weighted by atomic mass is 19.4. The second kappa shape index (κ2) is 5.66. The minimum absolute atomic E-state index is 0.0949. The number of carbonyl (C=O) groups is 1. The predicted molar refractivity (Wildman–Crippen MR) is 61.9 cm³/mol. The van der Waals surface area contributed by atoms with Crippen molar-refractivity contribution in [1.82, 2.24) is 5.32 Å². The molecule has 1 atom stereocenters. The van der Waals surface area contributed by atoms with Gasteiger partial charge in [0.2, 0.25) is 5.54 Å². The molecule has 1 rings (SSSR count). The van der Waals surface area contributed by atoms with Crippen LogP contribution < -0.4 is 10.1 Å². The van der Waals surface area contributed by atoms with E-state index in [4.69, 9.17) is 9.84 Å². The van der Waals surface area contributed by atoms with Crippen molar-refractivity contribution in [1.29, 1.82) is 0 Å². The average Bonchev–Trinajstić information content (AvgIpc) is 2.35. The van der Waals surface area contributed by atoms with Gasteiger partial charge in [-0.15, -0.1) is 0 Å². The van der Waals surface area contributed by atoms with Crippen molar-refractivity contribution in [3.8, 4) is 5.75 Å². The standard InChI is InChI=1S/C12H13F4NO3/c1-11(10(18)19,12(14,15)16)17-6-7-3-4-8(20-2)5-9(7)13/h3-5,17H,6H2,1-2H3,(H,18,19). The lowest BCUT2D eigenvalue weighted by molar-refractivity contribution is -0.206. The van der Waals surface area contributed by atoms with E-state index in [1.165, 1.54) is 19.2 Å². The maximum atomic E-state index is 13.6. The molecule has 20 heavy (non-hydrogen) atoms. The Morgan fingerprint density at radius 3 is 2.40 bits per heavy atom. The monoisotopic (exact) mass is 295 g/mol. The summed E-state index contributed by atoms with van der Waals surface area (Å²) in [4.78, 5) is 10.8. The molecule has 4 nitrogen and oxygen atoms in total. The van der Waals surface area contributed by atoms with Crippen molar-refractivity contribution in [2.24, 2.45) is 0 Å². The second-order valence-corrected chi connectivity index (χ2v) is 4.24. The van der Waals surface area contributed by atoms with Crippen LogP contribution in [0.25, 0.3) is 0 Å². The summed E-state index contributed by atoms with van der Waals surface area (Å²) >= 11 is 0. The predicted octanol–water partition coefficient (Wildman–Crippen LogP) is 2.33. The highest BCUT2D eigenvalue weighted by Gasteiger charge is 2.57. The van der Waals surface area contributed by atoms with E-state index in [1.54, 1.807) is 0 Å². The normalized spacial score (nSPS) is 14.7. The van der Waals surface area contributed by atoms with E-state index in [1.807, 2.05) is 5.32 Å². The van der Waals surface area contributed by atoms with E-state index >= 15 is 0 Å². The molecular formula is C12H13F4NO3. The first kappa shape index (κ1) is 16.2. The number of aliphatic carboxylic acids is 1. The lowest BCUT2D eigenvalue weighted by Crippen LogP contribution is -2.59. The van der Waals surface area contributed by atoms with Gasteiger partial charge in [0, 0.05) is 18.2 Å². The van der Waals surface area contributed by atoms with Crippen LogP contribution in [0.3, 0.4) is 0 Å². The molecule has 1 unspecified atom stereocenters. The molecule has 8 heteroatoms. The number of nitrogens with one attached hydrogen (secondary N) is 1. The van der Waals surface area contributed by atoms with E-state index in [9.17, 15) is 22.4 Å². The van der Waals surface area contributed by atoms with E-state index in [0.717, 1.165) is 6.07 Å². The molecule has 0 aliphatic carbocycles. The topological polar surface area (TPSA) is 58.6 Å². The summed E-state index contributed by atoms with van der Waals surface area (Å²) in [5.74, 6) is -2.66. The van der Waals surface area contributed by atoms with E-state index in [2.05, 4.69) is 0 Å². The number of hydrogen-bond donors (Lipinski definition) is 2. The van der Waals surface area contributed by atoms with Crippen molar-refractivity contribution in [3.63, 3.8) is 0 Å². The van der Waals surface area contributed by atoms with Crippen molar-refractivity contribution >= 4 is 5.97 Å². The van der Waals surface area contributed by atoms with Crippen LogP contribution in [-0.4, -0.2) is 29.9 Å². The van der Waals surface area contributed by atoms with E-state index in [-0.39, 0.29) is 11.3 Å². The molecule has 0 bridgehead atoms. The highest BCUT2D eigenvalue weighted by Crippen LogP contribution is 2.31. The Kier molecular flexibility index (Phi) is 4.59. The summed E-state index contributed by atoms with van der Waals surface area (Å²) in [7, 11) is 1.32. The Morgan fingerprint density at radius 1 is 1.40 bits per heavy atom. The summed E-state index contributed by atoms with van der Waals surface area (Å²) < 4.78 is 56.5. The van der Waals surface area contributed by atoms with Crippen LogP contribution in [0.2, 0.25) is 0 Å². The van der Waals surface area contributed by atoms with Crippen LogP contribution >= 0.6 is 0 Å². The zero-order valence-corrected chi connectivity index (χ0v) is 10.7. The van der Waals surface area contributed by atoms with Gasteiger partial charge in [0.05, 0.1) is 7.11 Å². The summed E-state index contributed by atoms with van der Waals surface area (Å²) in [6.07, 6.45) is -5.01. The minimum Gasteiger partial charge on any atom is -0.497 e. The first-order valence-electron chi connectivity index (χ1n) is 5.49. The number of hydrogen-bond acceptors (Lipinski definition) is 3. The number of ether oxygens (including phenoxy) is 1. The van der Waals surface area contributed by atoms with Crippen molar-refractivity contribution in [2.45, 2.75) is 25.2 Å². The average molecular weight is 295 g/mol. The maximum Gasteiger partial charge on any atom is 0.417 e. The van der Waals surface area contributed by atoms with Crippen molar-refractivity contribution in [2.75, 3.05) is 7.11 Å². The Morgan fingerprint density at radius 2 is 2.00 bits per heavy atom. The third kappa shape index (κ3) is 3.19. The van der Waals surface area contributed by atoms with Crippen molar-refractivity contribution < 1.29 is 32.2 Å². The molecule has 0 spiro atoms. The van der Waals surface area contributed by atoms with Gasteiger partial charge in [0.1, 0.15) is 11.6 Å². The summed E-state index contributed by atoms with van der Waals surface area (Å²) in [5.41, 5.74) is -3.25. The molecule has 0 aliphatic rings. The van der Waals surface area contributed by atoms with Crippen LogP contribution in [0.1, 0.15) is 12.5 Å². The Labute approximate surface area is 112 Å². The fourth-order valence-electron chi connectivity index (χ4n) is 1.37. The zero-order chi connectivity index (χ0) is 15.6. The molecule has 2 N–H and O–H groups in total. The fraction of sp³-hybridized carbons (Fsp3) is 0.417. The van der Waals surface area contributed by atoms with Gasteiger partial charge >= 0.3 is 12.1 Å². The third-order valence-electron chi connectivity index (χ3n) is 2.89. The van der Waals surface area contributed by atoms with Crippen molar-refractivity contribution in [3.05, 3.63) is 29.6 Å². The number of methoxy groups -OCH3 is 1. The number of carboxylic acid groups (broad SMARTS) is 1. The van der Waals surface area contributed by atoms with E-state index < -0.39 is 30.0 Å². The first-order chi connectivity index (χ1) is 9.11. The molecule has 0 radical (unpaired) electrons. The van der Waals surface area contributed by atoms with Gasteiger partial charge in [0.15, 0.2) is 0 Å². The van der Waals surface area contributed by atoms with Gasteiger partial charge in [0.25, 0.3) is 0 Å². The molecule has 0 saturated carbocycles. The van der Waals surface area contributed by atoms with Crippen LogP contribution in [0.15, 0.2) is 18.2 Å². The molecule has 0 fully saturated rings. The Balaban J connectivity index is 2.92. The fourth-order valence-corrected chi connectivity index (χ4v) is 1.37. The Hall–Kier alpha value is -1.83. The molecule has 1 aromatic rings. The van der Waals surface area contributed by atoms with Gasteiger partial charge in [-0.3, -0.25) is 5.32 Å². The summed E-state index contributed by atoms with van der Waals surface area (Å²) in [6, 6.07) is 3.59. The van der Waals surface area contributed by atoms with E-state index in [0.29, 0.717) is 6.92 Å². The quantitative estimate of drug-likeness (QED) is 0.819. The molecule has 0 heterocycles. The van der Waals surface area contributed by atoms with Gasteiger partial charge in [-0.05, 0) is 13.0 Å². The smallest absolute Gasteiger partial charge is 0.417 e. The number of rotatable bonds is 5. The number of carboxylic acids is 1. The lowest BCUT2D eigenvalue weighted by Gasteiger charge is -2.28. The third-order valence-corrected chi connectivity index (χ3v) is 2.89. The summed E-state index contributed by atoms with van der Waals surface area (Å²) in [5, 5.41) is 10.5. The molecular weight excluding hydrogens is 282 g/mol. The van der Waals surface area contributed by atoms with Gasteiger partial charge in [-0.25, -0.2) is 9.18 Å². The molecule has 0 aliphatic heterocycles. The highest BCUT2D eigenvalue weighted by molar-refractivity contribution is 5.79. The van der Waals surface area contributed by atoms with Crippen LogP contribution in [-0.2, 0) is 11.3 Å². The van der Waals surface area contributed by atoms with Gasteiger partial charge in [-0.2, -0.15) is 13.2 Å². The minimum atomic E-state index is -5.01. The number of halogens is 4. The SMILES string of the molecule is COc1ccc(CNC(C)(C(=O)O)C(F)(F)F)c(F)c1. The Bertz CT molecular complexity index is 504. The summed E-state index contributed by atoms with van der Waals surface area (Å²) in [6.45, 7) is -0.102.